The van der Waals surface area contributed by atoms with Crippen molar-refractivity contribution in [2.75, 3.05) is 37.3 Å². The quantitative estimate of drug-likeness (QED) is 0.0812. The fourth-order valence-corrected chi connectivity index (χ4v) is 7.92. The number of ether oxygens (including phenoxy) is 3. The van der Waals surface area contributed by atoms with Crippen molar-refractivity contribution in [3.8, 4) is 29.9 Å². The number of terminal acetylenes is 1. The Morgan fingerprint density at radius 1 is 1.06 bits per heavy atom. The molecule has 0 fully saturated rings. The highest BCUT2D eigenvalue weighted by Gasteiger charge is 2.41. The van der Waals surface area contributed by atoms with Crippen LogP contribution in [0.2, 0.25) is 10.2 Å². The molecule has 4 amide bonds. The lowest BCUT2D eigenvalue weighted by Crippen LogP contribution is -2.36. The lowest BCUT2D eigenvalue weighted by molar-refractivity contribution is -0.138. The number of aryl methyl sites for hydroxylation is 1. The molecule has 2 aromatic heterocycles. The second kappa shape index (κ2) is 21.3. The Hall–Kier alpha value is -5.83. The number of amides is 4. The molecular formula is C35H40Cl2FN8O14PS. The minimum atomic E-state index is -4.64. The number of carbonyl (C=O) groups is 5. The van der Waals surface area contributed by atoms with E-state index in [0.717, 1.165) is 30.9 Å². The first-order valence-electron chi connectivity index (χ1n) is 17.6. The molecule has 0 spiro atoms. The summed E-state index contributed by atoms with van der Waals surface area (Å²) in [6.07, 6.45) is 7.47. The van der Waals surface area contributed by atoms with Crippen molar-refractivity contribution in [3.63, 3.8) is 0 Å². The zero-order valence-corrected chi connectivity index (χ0v) is 36.6. The Morgan fingerprint density at radius 3 is 2.08 bits per heavy atom. The highest BCUT2D eigenvalue weighted by atomic mass is 35.5. The number of aromatic carboxylic acids is 1. The average Bonchev–Trinajstić information content (AvgIpc) is 3.65. The number of anilines is 2. The number of imide groups is 1. The summed E-state index contributed by atoms with van der Waals surface area (Å²) < 4.78 is 67.4. The van der Waals surface area contributed by atoms with E-state index < -0.39 is 80.9 Å². The Bertz CT molecular complexity index is 2440. The maximum absolute atomic E-state index is 14.4. The fraction of sp³-hybridized carbons (Fsp3) is 0.371. The summed E-state index contributed by atoms with van der Waals surface area (Å²) in [5, 5.41) is 21.7. The van der Waals surface area contributed by atoms with Crippen molar-refractivity contribution in [2.24, 2.45) is 12.8 Å². The predicted octanol–water partition coefficient (Wildman–Crippen LogP) is 3.40. The maximum atomic E-state index is 14.4. The van der Waals surface area contributed by atoms with Crippen molar-refractivity contribution in [1.82, 2.24) is 24.5 Å². The van der Waals surface area contributed by atoms with Crippen molar-refractivity contribution in [2.45, 2.75) is 56.2 Å². The third-order valence-corrected chi connectivity index (χ3v) is 11.4. The van der Waals surface area contributed by atoms with Gasteiger partial charge in [-0.1, -0.05) is 29.1 Å². The third kappa shape index (κ3) is 13.1. The Morgan fingerprint density at radius 2 is 1.61 bits per heavy atom. The normalized spacial score (nSPS) is 15.3. The van der Waals surface area contributed by atoms with Crippen LogP contribution in [0.25, 0.3) is 0 Å². The van der Waals surface area contributed by atoms with Gasteiger partial charge in [0.2, 0.25) is 17.7 Å². The lowest BCUT2D eigenvalue weighted by Gasteiger charge is -2.19. The number of sulfonamides is 1. The number of nitrogens with zero attached hydrogens (tertiary/aromatic N) is 5. The second-order valence-electron chi connectivity index (χ2n) is 13.0. The first kappa shape index (κ1) is 50.5. The van der Waals surface area contributed by atoms with Crippen LogP contribution in [0.3, 0.4) is 0 Å². The number of hydrogen-bond acceptors (Lipinski definition) is 15. The van der Waals surface area contributed by atoms with E-state index in [9.17, 15) is 41.3 Å². The second-order valence-corrected chi connectivity index (χ2v) is 17.9. The largest absolute Gasteiger partial charge is 0.481 e. The highest BCUT2D eigenvalue weighted by Crippen LogP contribution is 2.40. The van der Waals surface area contributed by atoms with E-state index >= 15 is 0 Å². The van der Waals surface area contributed by atoms with E-state index in [4.69, 9.17) is 64.7 Å². The van der Waals surface area contributed by atoms with E-state index in [1.807, 2.05) is 0 Å². The predicted molar refractivity (Wildman–Crippen MR) is 219 cm³/mol. The molecule has 1 aromatic carbocycles. The van der Waals surface area contributed by atoms with Gasteiger partial charge in [0.1, 0.15) is 23.2 Å². The van der Waals surface area contributed by atoms with Crippen LogP contribution in [-0.4, -0.2) is 112 Å². The number of halogens is 3. The van der Waals surface area contributed by atoms with Gasteiger partial charge in [-0.3, -0.25) is 28.9 Å². The van der Waals surface area contributed by atoms with E-state index in [1.165, 1.54) is 33.0 Å². The minimum Gasteiger partial charge on any atom is -0.481 e. The molecule has 3 unspecified atom stereocenters. The number of aliphatic carboxylic acids is 1. The maximum Gasteiger partial charge on any atom is 0.341 e. The summed E-state index contributed by atoms with van der Waals surface area (Å²) in [5.41, 5.74) is 5.12. The first-order valence-corrected chi connectivity index (χ1v) is 22.2. The van der Waals surface area contributed by atoms with Crippen molar-refractivity contribution in [1.29, 1.82) is 0 Å². The van der Waals surface area contributed by atoms with Crippen LogP contribution in [0.1, 0.15) is 49.4 Å². The van der Waals surface area contributed by atoms with Crippen LogP contribution >= 0.6 is 30.6 Å². The van der Waals surface area contributed by atoms with Gasteiger partial charge in [0.05, 0.1) is 31.0 Å². The topological polar surface area (TPSA) is 322 Å². The van der Waals surface area contributed by atoms with Gasteiger partial charge < -0.3 is 35.1 Å². The number of carboxylic acids is 2. The number of rotatable bonds is 13. The van der Waals surface area contributed by atoms with Gasteiger partial charge in [-0.2, -0.15) is 23.5 Å². The molecular weight excluding hydrogens is 909 g/mol. The van der Waals surface area contributed by atoms with E-state index in [0.29, 0.717) is 28.7 Å². The van der Waals surface area contributed by atoms with Gasteiger partial charge >= 0.3 is 18.0 Å². The summed E-state index contributed by atoms with van der Waals surface area (Å²) in [7, 11) is -3.96. The molecule has 336 valence electrons. The zero-order valence-electron chi connectivity index (χ0n) is 33.3. The van der Waals surface area contributed by atoms with Crippen LogP contribution in [0.5, 0.6) is 17.5 Å². The Kier molecular flexibility index (Phi) is 17.4. The number of benzene rings is 1. The number of carbonyl (C=O) groups excluding carboxylic acids is 3. The van der Waals surface area contributed by atoms with Gasteiger partial charge in [0.15, 0.2) is 23.7 Å². The molecule has 62 heavy (non-hydrogen) atoms. The van der Waals surface area contributed by atoms with Gasteiger partial charge in [-0.25, -0.2) is 23.6 Å². The first-order chi connectivity index (χ1) is 28.8. The molecule has 3 atom stereocenters. The third-order valence-electron chi connectivity index (χ3n) is 8.31. The molecule has 0 bridgehead atoms. The van der Waals surface area contributed by atoms with Gasteiger partial charge in [0, 0.05) is 37.1 Å². The molecule has 3 heterocycles. The van der Waals surface area contributed by atoms with Crippen molar-refractivity contribution in [3.05, 3.63) is 50.9 Å². The molecule has 2 aliphatic rings. The molecule has 5 rings (SSSR count). The van der Waals surface area contributed by atoms with Crippen LogP contribution in [0.15, 0.2) is 34.4 Å². The Balaban J connectivity index is 0.000000269. The number of aromatic nitrogens is 4. The smallest absolute Gasteiger partial charge is 0.341 e. The summed E-state index contributed by atoms with van der Waals surface area (Å²) in [6, 6.07) is 1.30. The van der Waals surface area contributed by atoms with Gasteiger partial charge in [-0.05, 0) is 45.1 Å². The van der Waals surface area contributed by atoms with Crippen LogP contribution in [-0.2, 0) is 36.0 Å². The molecule has 22 nitrogen and oxygen atoms in total. The Labute approximate surface area is 363 Å². The molecule has 0 radical (unpaired) electrons. The van der Waals surface area contributed by atoms with Crippen LogP contribution in [0.4, 0.5) is 20.8 Å². The standard InChI is InChI=1S/C18H15ClFNO3.C12H13ClN6O7S.C5H12NO4P/c1-3-10(2)24-16-9-15(14(20)8-13(16)19)21-17(22)11-6-4-5-7-12(11)18(21)23;1-19-9(7(10(20)21)8(13)17-19)27(23,24)18-12(22)16-11-14-5(25-2)4-6(15-11)26-3;1-11(9,10)3-2-4(6)5(7)8/h1,8-10H,4-7H2,2H3;4H,1-3H3,(H,20,21)(H2,14,15,16,18,22);4H,2-3,6H2,1H3,(H,7,8)(H,9,10). The molecule has 27 heteroatoms. The van der Waals surface area contributed by atoms with Crippen molar-refractivity contribution < 1.29 is 70.7 Å². The molecule has 0 saturated heterocycles. The molecule has 7 N–H and O–H groups in total. The SMILES string of the molecule is C#CC(C)Oc1cc(N2C(=O)C3=C(CCCC3)C2=O)c(F)cc1Cl.COc1cc(OC)nc(NC(=O)NS(=O)(=O)c2c(C(=O)O)c(Cl)nn2C)n1.CP(=O)(O)CCC(N)C(=O)O. The number of carboxylic acid groups (broad SMARTS) is 2. The van der Waals surface area contributed by atoms with Gasteiger partial charge in [0.25, 0.3) is 21.8 Å². The molecule has 1 aliphatic carbocycles. The number of urea groups is 1. The summed E-state index contributed by atoms with van der Waals surface area (Å²) in [6.45, 7) is 2.81. The van der Waals surface area contributed by atoms with Crippen LogP contribution in [0, 0.1) is 18.2 Å². The number of methoxy groups -OCH3 is 2. The van der Waals surface area contributed by atoms with Crippen molar-refractivity contribution >= 4 is 82.0 Å². The molecule has 3 aromatic rings. The average molecular weight is 950 g/mol. The summed E-state index contributed by atoms with van der Waals surface area (Å²) >= 11 is 11.6. The van der Waals surface area contributed by atoms with E-state index in [2.05, 4.69) is 26.3 Å². The minimum absolute atomic E-state index is 0.0233. The van der Waals surface area contributed by atoms with E-state index in [-0.39, 0.29) is 46.8 Å². The lowest BCUT2D eigenvalue weighted by atomic mass is 9.93. The van der Waals surface area contributed by atoms with E-state index in [1.54, 1.807) is 11.6 Å². The zero-order chi connectivity index (χ0) is 46.9. The fourth-order valence-electron chi connectivity index (χ4n) is 5.40. The highest BCUT2D eigenvalue weighted by molar-refractivity contribution is 7.90. The summed E-state index contributed by atoms with van der Waals surface area (Å²) in [4.78, 5) is 75.7. The number of nitrogens with one attached hydrogen (secondary N) is 2. The monoisotopic (exact) mass is 948 g/mol. The summed E-state index contributed by atoms with van der Waals surface area (Å²) in [5.74, 6) is -2.19. The van der Waals surface area contributed by atoms with Crippen LogP contribution < -0.4 is 34.9 Å². The number of nitrogens with two attached hydrogens (primary N) is 1. The number of hydrogen-bond donors (Lipinski definition) is 6. The molecule has 0 saturated carbocycles. The molecule has 1 aliphatic heterocycles. The van der Waals surface area contributed by atoms with Gasteiger partial charge in [-0.15, -0.1) is 6.42 Å².